The van der Waals surface area contributed by atoms with Crippen molar-refractivity contribution in [2.24, 2.45) is 17.8 Å². The normalized spacial score (nSPS) is 36.7. The Labute approximate surface area is 122 Å². The Morgan fingerprint density at radius 1 is 1.48 bits per heavy atom. The summed E-state index contributed by atoms with van der Waals surface area (Å²) in [5.41, 5.74) is 0.794. The number of carboxylic acids is 1. The van der Waals surface area contributed by atoms with Gasteiger partial charge in [0.2, 0.25) is 5.91 Å². The van der Waals surface area contributed by atoms with E-state index in [1.165, 1.54) is 4.90 Å². The van der Waals surface area contributed by atoms with Crippen LogP contribution in [0.2, 0.25) is 0 Å². The van der Waals surface area contributed by atoms with Crippen LogP contribution in [0.4, 0.5) is 0 Å². The van der Waals surface area contributed by atoms with Crippen LogP contribution in [0.25, 0.3) is 0 Å². The number of nitrogens with one attached hydrogen (secondary N) is 1. The van der Waals surface area contributed by atoms with Crippen molar-refractivity contribution in [2.75, 3.05) is 19.7 Å². The van der Waals surface area contributed by atoms with Crippen LogP contribution < -0.4 is 5.32 Å². The number of aliphatic hydroxyl groups excluding tert-OH is 2. The van der Waals surface area contributed by atoms with E-state index in [4.69, 9.17) is 0 Å². The van der Waals surface area contributed by atoms with Gasteiger partial charge in [-0.1, -0.05) is 0 Å². The van der Waals surface area contributed by atoms with Crippen molar-refractivity contribution < 1.29 is 24.9 Å². The molecule has 0 aromatic rings. The molecule has 0 saturated carbocycles. The van der Waals surface area contributed by atoms with Crippen LogP contribution in [-0.4, -0.2) is 63.9 Å². The van der Waals surface area contributed by atoms with Gasteiger partial charge in [0.1, 0.15) is 5.70 Å². The van der Waals surface area contributed by atoms with Crippen molar-refractivity contribution in [1.29, 1.82) is 0 Å². The second kappa shape index (κ2) is 5.08. The van der Waals surface area contributed by atoms with E-state index >= 15 is 0 Å². The second-order valence-electron chi connectivity index (χ2n) is 6.13. The average molecular weight is 296 g/mol. The molecular weight excluding hydrogens is 276 g/mol. The monoisotopic (exact) mass is 296 g/mol. The minimum Gasteiger partial charge on any atom is -0.477 e. The standard InChI is InChI=1S/C14H20N2O5/c1-6(18)11-10-2-8(9-4-15-3-7(9)5-17)12(14(20)21)16(10)13(11)19/h6-7,9-11,15,17-18H,2-5H2,1H3,(H,20,21)/t6-,7?,9?,10-,11-/m1/s1. The van der Waals surface area contributed by atoms with Crippen LogP contribution >= 0.6 is 0 Å². The molecule has 0 radical (unpaired) electrons. The molecule has 0 aromatic carbocycles. The SMILES string of the molecule is C[C@@H](O)[C@H]1C(=O)N2C(C(=O)O)=C(C3CNCC3CO)C[C@H]12. The maximum absolute atomic E-state index is 12.1. The Bertz CT molecular complexity index is 515. The van der Waals surface area contributed by atoms with Gasteiger partial charge in [-0.25, -0.2) is 4.79 Å². The Hall–Kier alpha value is -1.44. The molecule has 0 aromatic heterocycles. The molecule has 4 N–H and O–H groups in total. The fourth-order valence-corrected chi connectivity index (χ4v) is 3.97. The lowest BCUT2D eigenvalue weighted by atomic mass is 9.80. The van der Waals surface area contributed by atoms with Gasteiger partial charge in [-0.15, -0.1) is 0 Å². The highest BCUT2D eigenvalue weighted by atomic mass is 16.4. The van der Waals surface area contributed by atoms with Gasteiger partial charge in [-0.05, 0) is 18.9 Å². The lowest BCUT2D eigenvalue weighted by Gasteiger charge is -2.44. The predicted octanol–water partition coefficient (Wildman–Crippen LogP) is -1.24. The Morgan fingerprint density at radius 3 is 2.76 bits per heavy atom. The van der Waals surface area contributed by atoms with Gasteiger partial charge in [0.05, 0.1) is 18.1 Å². The van der Waals surface area contributed by atoms with E-state index in [2.05, 4.69) is 5.32 Å². The third-order valence-corrected chi connectivity index (χ3v) is 4.99. The fraction of sp³-hybridized carbons (Fsp3) is 0.714. The van der Waals surface area contributed by atoms with Crippen LogP contribution in [0, 0.1) is 17.8 Å². The number of fused-ring (bicyclic) bond motifs is 1. The van der Waals surface area contributed by atoms with Crippen molar-refractivity contribution in [3.63, 3.8) is 0 Å². The molecule has 116 valence electrons. The molecular formula is C14H20N2O5. The average Bonchev–Trinajstić information content (AvgIpc) is 2.99. The quantitative estimate of drug-likeness (QED) is 0.483. The lowest BCUT2D eigenvalue weighted by molar-refractivity contribution is -0.161. The number of carboxylic acid groups (broad SMARTS) is 1. The molecule has 3 rings (SSSR count). The summed E-state index contributed by atoms with van der Waals surface area (Å²) < 4.78 is 0. The fourth-order valence-electron chi connectivity index (χ4n) is 3.97. The minimum absolute atomic E-state index is 0.00743. The van der Waals surface area contributed by atoms with E-state index < -0.39 is 18.0 Å². The number of amides is 1. The van der Waals surface area contributed by atoms with Crippen LogP contribution in [0.3, 0.4) is 0 Å². The molecule has 2 saturated heterocycles. The van der Waals surface area contributed by atoms with E-state index in [0.29, 0.717) is 19.5 Å². The van der Waals surface area contributed by atoms with Gasteiger partial charge >= 0.3 is 5.97 Å². The summed E-state index contributed by atoms with van der Waals surface area (Å²) in [6, 6.07) is -0.251. The third-order valence-electron chi connectivity index (χ3n) is 4.99. The van der Waals surface area contributed by atoms with Gasteiger partial charge in [0.15, 0.2) is 0 Å². The smallest absolute Gasteiger partial charge is 0.352 e. The number of hydrogen-bond donors (Lipinski definition) is 4. The Morgan fingerprint density at radius 2 is 2.19 bits per heavy atom. The molecule has 7 heteroatoms. The zero-order valence-corrected chi connectivity index (χ0v) is 11.8. The van der Waals surface area contributed by atoms with Gasteiger partial charge in [-0.2, -0.15) is 0 Å². The second-order valence-corrected chi connectivity index (χ2v) is 6.13. The summed E-state index contributed by atoms with van der Waals surface area (Å²) in [6.07, 6.45) is -0.297. The molecule has 21 heavy (non-hydrogen) atoms. The number of rotatable bonds is 4. The maximum atomic E-state index is 12.1. The third kappa shape index (κ3) is 1.99. The van der Waals surface area contributed by atoms with Crippen molar-refractivity contribution in [3.8, 4) is 0 Å². The van der Waals surface area contributed by atoms with Gasteiger partial charge in [0.25, 0.3) is 0 Å². The number of β-lactam (4-membered cyclic amide) rings is 1. The first-order valence-corrected chi connectivity index (χ1v) is 7.26. The predicted molar refractivity (Wildman–Crippen MR) is 72.0 cm³/mol. The number of nitrogens with zero attached hydrogens (tertiary/aromatic N) is 1. The van der Waals surface area contributed by atoms with Crippen LogP contribution in [-0.2, 0) is 9.59 Å². The number of carbonyl (C=O) groups is 2. The molecule has 0 spiro atoms. The number of aliphatic hydroxyl groups is 2. The zero-order valence-electron chi connectivity index (χ0n) is 11.8. The molecule has 2 fully saturated rings. The number of aliphatic carboxylic acids is 1. The number of hydrogen-bond acceptors (Lipinski definition) is 5. The first-order chi connectivity index (χ1) is 9.97. The summed E-state index contributed by atoms with van der Waals surface area (Å²) in [7, 11) is 0. The van der Waals surface area contributed by atoms with Crippen molar-refractivity contribution in [2.45, 2.75) is 25.5 Å². The Balaban J connectivity index is 1.93. The molecule has 2 unspecified atom stereocenters. The minimum atomic E-state index is -1.10. The molecule has 1 amide bonds. The van der Waals surface area contributed by atoms with E-state index in [0.717, 1.165) is 5.57 Å². The topological polar surface area (TPSA) is 110 Å². The molecule has 3 heterocycles. The molecule has 7 nitrogen and oxygen atoms in total. The summed E-state index contributed by atoms with van der Waals surface area (Å²) in [6.45, 7) is 2.82. The summed E-state index contributed by atoms with van der Waals surface area (Å²) in [4.78, 5) is 25.0. The van der Waals surface area contributed by atoms with E-state index in [1.54, 1.807) is 6.92 Å². The maximum Gasteiger partial charge on any atom is 0.352 e. The van der Waals surface area contributed by atoms with E-state index in [1.807, 2.05) is 0 Å². The van der Waals surface area contributed by atoms with Crippen molar-refractivity contribution in [3.05, 3.63) is 11.3 Å². The first kappa shape index (κ1) is 14.5. The molecule has 0 bridgehead atoms. The van der Waals surface area contributed by atoms with Crippen LogP contribution in [0.15, 0.2) is 11.3 Å². The zero-order chi connectivity index (χ0) is 15.3. The highest BCUT2D eigenvalue weighted by Gasteiger charge is 2.57. The van der Waals surface area contributed by atoms with Crippen molar-refractivity contribution >= 4 is 11.9 Å². The Kier molecular flexibility index (Phi) is 3.51. The highest BCUT2D eigenvalue weighted by molar-refractivity contribution is 5.99. The van der Waals surface area contributed by atoms with Crippen LogP contribution in [0.5, 0.6) is 0 Å². The van der Waals surface area contributed by atoms with Crippen LogP contribution in [0.1, 0.15) is 13.3 Å². The molecule has 3 aliphatic rings. The number of carbonyl (C=O) groups excluding carboxylic acids is 1. The van der Waals surface area contributed by atoms with Gasteiger partial charge in [-0.3, -0.25) is 4.79 Å². The summed E-state index contributed by atoms with van der Waals surface area (Å²) >= 11 is 0. The largest absolute Gasteiger partial charge is 0.477 e. The summed E-state index contributed by atoms with van der Waals surface area (Å²) in [5, 5.41) is 31.8. The van der Waals surface area contributed by atoms with E-state index in [-0.39, 0.29) is 36.1 Å². The molecule has 0 aliphatic carbocycles. The van der Waals surface area contributed by atoms with Gasteiger partial charge in [0, 0.05) is 31.5 Å². The summed E-state index contributed by atoms with van der Waals surface area (Å²) in [5.74, 6) is -2.01. The van der Waals surface area contributed by atoms with E-state index in [9.17, 15) is 24.9 Å². The lowest BCUT2D eigenvalue weighted by Crippen LogP contribution is -2.61. The van der Waals surface area contributed by atoms with Gasteiger partial charge < -0.3 is 25.5 Å². The van der Waals surface area contributed by atoms with Crippen molar-refractivity contribution in [1.82, 2.24) is 10.2 Å². The first-order valence-electron chi connectivity index (χ1n) is 7.26. The highest BCUT2D eigenvalue weighted by Crippen LogP contribution is 2.47. The molecule has 5 atom stereocenters. The molecule has 3 aliphatic heterocycles.